The van der Waals surface area contributed by atoms with Crippen LogP contribution in [0.2, 0.25) is 0 Å². The molecular weight excluding hydrogens is 375 g/mol. The van der Waals surface area contributed by atoms with Gasteiger partial charge < -0.3 is 15.1 Å². The van der Waals surface area contributed by atoms with Crippen molar-refractivity contribution < 1.29 is 18.0 Å². The first-order chi connectivity index (χ1) is 12.8. The van der Waals surface area contributed by atoms with E-state index in [9.17, 15) is 18.0 Å². The zero-order valence-corrected chi connectivity index (χ0v) is 15.2. The summed E-state index contributed by atoms with van der Waals surface area (Å²) in [6.45, 7) is 2.18. The van der Waals surface area contributed by atoms with Crippen molar-refractivity contribution in [2.75, 3.05) is 31.5 Å². The number of halogens is 3. The van der Waals surface area contributed by atoms with Crippen LogP contribution in [0.25, 0.3) is 0 Å². The molecule has 1 saturated heterocycles. The third kappa shape index (κ3) is 4.77. The number of nitrogens with zero attached hydrogens (tertiary/aromatic N) is 2. The highest BCUT2D eigenvalue weighted by Gasteiger charge is 2.30. The normalized spacial score (nSPS) is 14.8. The molecule has 0 bridgehead atoms. The largest absolute Gasteiger partial charge is 0.416 e. The van der Waals surface area contributed by atoms with Gasteiger partial charge in [0.05, 0.1) is 5.56 Å². The van der Waals surface area contributed by atoms with Crippen LogP contribution in [0.5, 0.6) is 0 Å². The number of carbonyl (C=O) groups excluding carboxylic acids is 1. The number of hydrogen-bond acceptors (Lipinski definition) is 2. The van der Waals surface area contributed by atoms with Crippen LogP contribution in [0.1, 0.15) is 15.9 Å². The molecule has 2 aromatic rings. The molecule has 2 aromatic carbocycles. The Labute approximate surface area is 160 Å². The molecule has 4 nitrogen and oxygen atoms in total. The van der Waals surface area contributed by atoms with Gasteiger partial charge in [0.25, 0.3) is 5.91 Å². The predicted molar refractivity (Wildman–Crippen MR) is 102 cm³/mol. The van der Waals surface area contributed by atoms with E-state index in [4.69, 9.17) is 12.2 Å². The van der Waals surface area contributed by atoms with Gasteiger partial charge in [-0.05, 0) is 48.6 Å². The first kappa shape index (κ1) is 19.2. The summed E-state index contributed by atoms with van der Waals surface area (Å²) in [5.74, 6) is -0.0168. The molecule has 1 N–H and O–H groups in total. The van der Waals surface area contributed by atoms with Crippen LogP contribution in [0, 0.1) is 0 Å². The molecule has 1 aliphatic rings. The monoisotopic (exact) mass is 393 g/mol. The number of amides is 1. The standard InChI is InChI=1S/C19H18F3N3OS/c20-19(21,22)15-6-8-16(9-7-15)23-18(27)25-12-10-24(11-13-25)17(26)14-4-2-1-3-5-14/h1-9H,10-13H2,(H,23,27). The van der Waals surface area contributed by atoms with Gasteiger partial charge in [-0.2, -0.15) is 13.2 Å². The minimum atomic E-state index is -4.36. The smallest absolute Gasteiger partial charge is 0.345 e. The summed E-state index contributed by atoms with van der Waals surface area (Å²) in [7, 11) is 0. The fourth-order valence-corrected chi connectivity index (χ4v) is 3.12. The topological polar surface area (TPSA) is 35.6 Å². The third-order valence-electron chi connectivity index (χ3n) is 4.34. The van der Waals surface area contributed by atoms with Gasteiger partial charge in [-0.25, -0.2) is 0 Å². The fraction of sp³-hybridized carbons (Fsp3) is 0.263. The summed E-state index contributed by atoms with van der Waals surface area (Å²) in [5.41, 5.74) is 0.444. The van der Waals surface area contributed by atoms with E-state index in [2.05, 4.69) is 5.32 Å². The summed E-state index contributed by atoms with van der Waals surface area (Å²) >= 11 is 5.35. The molecule has 1 heterocycles. The van der Waals surface area contributed by atoms with Crippen LogP contribution >= 0.6 is 12.2 Å². The average Bonchev–Trinajstić information content (AvgIpc) is 2.68. The molecule has 27 heavy (non-hydrogen) atoms. The van der Waals surface area contributed by atoms with Gasteiger partial charge in [0.15, 0.2) is 5.11 Å². The number of piperazine rings is 1. The zero-order valence-electron chi connectivity index (χ0n) is 14.4. The molecule has 0 spiro atoms. The SMILES string of the molecule is O=C(c1ccccc1)N1CCN(C(=S)Nc2ccc(C(F)(F)F)cc2)CC1. The van der Waals surface area contributed by atoms with Crippen molar-refractivity contribution >= 4 is 28.9 Å². The molecule has 8 heteroatoms. The quantitative estimate of drug-likeness (QED) is 0.786. The Kier molecular flexibility index (Phi) is 5.65. The fourth-order valence-electron chi connectivity index (χ4n) is 2.82. The number of thiocarbonyl (C=S) groups is 1. The summed E-state index contributed by atoms with van der Waals surface area (Å²) in [6.07, 6.45) is -4.36. The first-order valence-electron chi connectivity index (χ1n) is 8.42. The number of benzene rings is 2. The van der Waals surface area contributed by atoms with Crippen molar-refractivity contribution in [2.24, 2.45) is 0 Å². The van der Waals surface area contributed by atoms with Gasteiger partial charge in [0.2, 0.25) is 0 Å². The minimum absolute atomic E-state index is 0.0168. The number of anilines is 1. The summed E-state index contributed by atoms with van der Waals surface area (Å²) in [6, 6.07) is 13.8. The molecule has 142 valence electrons. The minimum Gasteiger partial charge on any atom is -0.345 e. The molecule has 0 unspecified atom stereocenters. The molecule has 0 aliphatic carbocycles. The van der Waals surface area contributed by atoms with Crippen LogP contribution in [0.3, 0.4) is 0 Å². The Balaban J connectivity index is 1.53. The molecule has 1 fully saturated rings. The lowest BCUT2D eigenvalue weighted by Crippen LogP contribution is -2.51. The van der Waals surface area contributed by atoms with Crippen LogP contribution in [0.15, 0.2) is 54.6 Å². The number of hydrogen-bond donors (Lipinski definition) is 1. The second-order valence-electron chi connectivity index (χ2n) is 6.15. The maximum Gasteiger partial charge on any atom is 0.416 e. The number of carbonyl (C=O) groups is 1. The lowest BCUT2D eigenvalue weighted by molar-refractivity contribution is -0.137. The average molecular weight is 393 g/mol. The number of rotatable bonds is 2. The maximum absolute atomic E-state index is 12.6. The van der Waals surface area contributed by atoms with Crippen LogP contribution in [-0.2, 0) is 6.18 Å². The summed E-state index contributed by atoms with van der Waals surface area (Å²) in [4.78, 5) is 16.1. The highest BCUT2D eigenvalue weighted by atomic mass is 32.1. The summed E-state index contributed by atoms with van der Waals surface area (Å²) in [5, 5.41) is 3.38. The molecule has 0 saturated carbocycles. The third-order valence-corrected chi connectivity index (χ3v) is 4.70. The lowest BCUT2D eigenvalue weighted by Gasteiger charge is -2.36. The van der Waals surface area contributed by atoms with Gasteiger partial charge in [0.1, 0.15) is 0 Å². The lowest BCUT2D eigenvalue weighted by atomic mass is 10.2. The van der Waals surface area contributed by atoms with Gasteiger partial charge >= 0.3 is 6.18 Å². The number of nitrogens with one attached hydrogen (secondary N) is 1. The van der Waals surface area contributed by atoms with Crippen LogP contribution in [-0.4, -0.2) is 47.0 Å². The maximum atomic E-state index is 12.6. The van der Waals surface area contributed by atoms with Gasteiger partial charge in [-0.1, -0.05) is 18.2 Å². The molecule has 0 atom stereocenters. The first-order valence-corrected chi connectivity index (χ1v) is 8.83. The van der Waals surface area contributed by atoms with E-state index in [1.54, 1.807) is 17.0 Å². The van der Waals surface area contributed by atoms with E-state index in [0.29, 0.717) is 42.5 Å². The van der Waals surface area contributed by atoms with E-state index in [0.717, 1.165) is 12.1 Å². The highest BCUT2D eigenvalue weighted by molar-refractivity contribution is 7.80. The Bertz CT molecular complexity index is 801. The Morgan fingerprint density at radius 3 is 2.00 bits per heavy atom. The van der Waals surface area contributed by atoms with E-state index in [-0.39, 0.29) is 5.91 Å². The summed E-state index contributed by atoms with van der Waals surface area (Å²) < 4.78 is 37.8. The van der Waals surface area contributed by atoms with Crippen molar-refractivity contribution in [1.29, 1.82) is 0 Å². The predicted octanol–water partition coefficient (Wildman–Crippen LogP) is 3.86. The van der Waals surface area contributed by atoms with E-state index >= 15 is 0 Å². The Morgan fingerprint density at radius 2 is 1.44 bits per heavy atom. The van der Waals surface area contributed by atoms with Crippen molar-refractivity contribution in [3.05, 3.63) is 65.7 Å². The van der Waals surface area contributed by atoms with Crippen molar-refractivity contribution in [3.63, 3.8) is 0 Å². The second-order valence-corrected chi connectivity index (χ2v) is 6.54. The molecule has 1 amide bonds. The van der Waals surface area contributed by atoms with Gasteiger partial charge in [-0.3, -0.25) is 4.79 Å². The van der Waals surface area contributed by atoms with E-state index < -0.39 is 11.7 Å². The van der Waals surface area contributed by atoms with Crippen molar-refractivity contribution in [2.45, 2.75) is 6.18 Å². The van der Waals surface area contributed by atoms with Crippen LogP contribution in [0.4, 0.5) is 18.9 Å². The second kappa shape index (κ2) is 7.96. The molecule has 0 aromatic heterocycles. The van der Waals surface area contributed by atoms with E-state index in [1.165, 1.54) is 12.1 Å². The zero-order chi connectivity index (χ0) is 19.4. The van der Waals surface area contributed by atoms with Gasteiger partial charge in [-0.15, -0.1) is 0 Å². The Morgan fingerprint density at radius 1 is 0.889 bits per heavy atom. The van der Waals surface area contributed by atoms with Crippen molar-refractivity contribution in [3.8, 4) is 0 Å². The molecule has 1 aliphatic heterocycles. The molecular formula is C19H18F3N3OS. The highest BCUT2D eigenvalue weighted by Crippen LogP contribution is 2.29. The van der Waals surface area contributed by atoms with Crippen molar-refractivity contribution in [1.82, 2.24) is 9.80 Å². The number of alkyl halides is 3. The van der Waals surface area contributed by atoms with E-state index in [1.807, 2.05) is 23.1 Å². The van der Waals surface area contributed by atoms with Crippen LogP contribution < -0.4 is 5.32 Å². The Hall–Kier alpha value is -2.61. The molecule has 3 rings (SSSR count). The van der Waals surface area contributed by atoms with Gasteiger partial charge in [0, 0.05) is 37.4 Å². The molecule has 0 radical (unpaired) electrons.